The van der Waals surface area contributed by atoms with E-state index < -0.39 is 11.8 Å². The monoisotopic (exact) mass is 493 g/mol. The molecule has 0 aliphatic rings. The molecule has 0 saturated carbocycles. The summed E-state index contributed by atoms with van der Waals surface area (Å²) in [7, 11) is 0. The van der Waals surface area contributed by atoms with E-state index in [0.717, 1.165) is 0 Å². The van der Waals surface area contributed by atoms with E-state index in [0.29, 0.717) is 45.0 Å². The number of nitrogens with one attached hydrogen (secondary N) is 2. The first-order valence-electron chi connectivity index (χ1n) is 9.66. The molecule has 3 aromatic carbocycles. The normalized spacial score (nSPS) is 10.5. The van der Waals surface area contributed by atoms with E-state index in [9.17, 15) is 14.0 Å². The Kier molecular flexibility index (Phi) is 8.33. The summed E-state index contributed by atoms with van der Waals surface area (Å²) in [5, 5.41) is 6.78. The van der Waals surface area contributed by atoms with E-state index >= 15 is 0 Å². The Morgan fingerprint density at radius 2 is 1.56 bits per heavy atom. The van der Waals surface area contributed by atoms with Gasteiger partial charge >= 0.3 is 6.03 Å². The van der Waals surface area contributed by atoms with E-state index in [1.54, 1.807) is 36.4 Å². The van der Waals surface area contributed by atoms with E-state index in [2.05, 4.69) is 10.6 Å². The molecular formula is C23H19Cl3FN3O2. The van der Waals surface area contributed by atoms with Gasteiger partial charge in [-0.25, -0.2) is 9.18 Å². The van der Waals surface area contributed by atoms with E-state index in [1.165, 1.54) is 35.2 Å². The average Bonchev–Trinajstić information content (AvgIpc) is 2.77. The summed E-state index contributed by atoms with van der Waals surface area (Å²) in [5.41, 5.74) is 1.46. The number of nitrogens with zero attached hydrogens (tertiary/aromatic N) is 1. The Balaban J connectivity index is 1.64. The van der Waals surface area contributed by atoms with Crippen molar-refractivity contribution in [2.45, 2.75) is 6.42 Å². The second kappa shape index (κ2) is 11.2. The fourth-order valence-corrected chi connectivity index (χ4v) is 3.30. The molecule has 0 aromatic heterocycles. The van der Waals surface area contributed by atoms with Gasteiger partial charge < -0.3 is 10.6 Å². The molecule has 5 nitrogen and oxygen atoms in total. The van der Waals surface area contributed by atoms with Crippen LogP contribution in [0.1, 0.15) is 16.8 Å². The molecule has 2 N–H and O–H groups in total. The molecule has 0 radical (unpaired) electrons. The Bertz CT molecular complexity index is 1090. The van der Waals surface area contributed by atoms with Gasteiger partial charge in [0.05, 0.1) is 10.0 Å². The number of carbonyl (C=O) groups is 2. The van der Waals surface area contributed by atoms with Crippen molar-refractivity contribution in [2.75, 3.05) is 23.3 Å². The lowest BCUT2D eigenvalue weighted by molar-refractivity contribution is 0.0953. The van der Waals surface area contributed by atoms with Gasteiger partial charge in [-0.15, -0.1) is 0 Å². The van der Waals surface area contributed by atoms with Crippen molar-refractivity contribution in [1.82, 2.24) is 5.32 Å². The number of hydrogen-bond donors (Lipinski definition) is 2. The van der Waals surface area contributed by atoms with Crippen LogP contribution in [0.5, 0.6) is 0 Å². The number of halogens is 4. The lowest BCUT2D eigenvalue weighted by Gasteiger charge is -2.23. The number of rotatable bonds is 7. The zero-order valence-electron chi connectivity index (χ0n) is 16.7. The minimum atomic E-state index is -0.431. The van der Waals surface area contributed by atoms with Crippen LogP contribution in [0.15, 0.2) is 66.7 Å². The van der Waals surface area contributed by atoms with Crippen LogP contribution >= 0.6 is 34.8 Å². The van der Waals surface area contributed by atoms with Crippen LogP contribution in [-0.4, -0.2) is 25.0 Å². The molecule has 0 heterocycles. The molecule has 166 valence electrons. The summed E-state index contributed by atoms with van der Waals surface area (Å²) < 4.78 is 13.4. The highest BCUT2D eigenvalue weighted by molar-refractivity contribution is 6.42. The first kappa shape index (κ1) is 23.9. The van der Waals surface area contributed by atoms with Crippen LogP contribution in [0.3, 0.4) is 0 Å². The number of hydrogen-bond acceptors (Lipinski definition) is 2. The van der Waals surface area contributed by atoms with Crippen molar-refractivity contribution in [3.8, 4) is 0 Å². The molecule has 0 saturated heterocycles. The quantitative estimate of drug-likeness (QED) is 0.361. The van der Waals surface area contributed by atoms with Gasteiger partial charge in [-0.1, -0.05) is 34.8 Å². The highest BCUT2D eigenvalue weighted by Gasteiger charge is 2.17. The summed E-state index contributed by atoms with van der Waals surface area (Å²) in [6.07, 6.45) is 0.464. The predicted molar refractivity (Wildman–Crippen MR) is 128 cm³/mol. The maximum Gasteiger partial charge on any atom is 0.326 e. The molecule has 0 bridgehead atoms. The summed E-state index contributed by atoms with van der Waals surface area (Å²) in [6, 6.07) is 16.4. The zero-order chi connectivity index (χ0) is 23.1. The molecule has 3 amide bonds. The molecule has 0 aliphatic carbocycles. The van der Waals surface area contributed by atoms with E-state index in [1.807, 2.05) is 0 Å². The lowest BCUT2D eigenvalue weighted by atomic mass is 10.2. The summed E-state index contributed by atoms with van der Waals surface area (Å²) in [5.74, 6) is -0.649. The standard InChI is InChI=1S/C23H19Cl3FN3O2/c24-16-4-2-15(3-5-16)22(31)28-12-1-13-30(19-9-6-17(27)7-10-19)23(32)29-18-8-11-20(25)21(26)14-18/h2-11,14H,1,12-13H2,(H,28,31)(H,29,32). The highest BCUT2D eigenvalue weighted by atomic mass is 35.5. The fourth-order valence-electron chi connectivity index (χ4n) is 2.88. The molecule has 0 fully saturated rings. The molecule has 0 unspecified atom stereocenters. The molecular weight excluding hydrogens is 476 g/mol. The van der Waals surface area contributed by atoms with Gasteiger partial charge in [-0.3, -0.25) is 9.69 Å². The largest absolute Gasteiger partial charge is 0.352 e. The highest BCUT2D eigenvalue weighted by Crippen LogP contribution is 2.26. The number of anilines is 2. The summed E-state index contributed by atoms with van der Waals surface area (Å²) in [6.45, 7) is 0.610. The van der Waals surface area contributed by atoms with Gasteiger partial charge in [0.15, 0.2) is 0 Å². The van der Waals surface area contributed by atoms with Crippen molar-refractivity contribution in [1.29, 1.82) is 0 Å². The van der Waals surface area contributed by atoms with Crippen molar-refractivity contribution >= 4 is 58.1 Å². The van der Waals surface area contributed by atoms with Crippen LogP contribution in [-0.2, 0) is 0 Å². The van der Waals surface area contributed by atoms with Gasteiger partial charge in [0.2, 0.25) is 0 Å². The van der Waals surface area contributed by atoms with Crippen molar-refractivity contribution < 1.29 is 14.0 Å². The third-order valence-electron chi connectivity index (χ3n) is 4.50. The molecule has 0 atom stereocenters. The average molecular weight is 495 g/mol. The van der Waals surface area contributed by atoms with Crippen LogP contribution in [0.4, 0.5) is 20.6 Å². The Morgan fingerprint density at radius 3 is 2.22 bits per heavy atom. The number of urea groups is 1. The van der Waals surface area contributed by atoms with Crippen LogP contribution in [0.25, 0.3) is 0 Å². The summed E-state index contributed by atoms with van der Waals surface area (Å²) >= 11 is 17.8. The molecule has 3 aromatic rings. The smallest absolute Gasteiger partial charge is 0.326 e. The van der Waals surface area contributed by atoms with Crippen molar-refractivity contribution in [3.05, 3.63) is 93.2 Å². The fraction of sp³-hybridized carbons (Fsp3) is 0.130. The first-order chi connectivity index (χ1) is 15.3. The second-order valence-corrected chi connectivity index (χ2v) is 8.05. The van der Waals surface area contributed by atoms with Crippen molar-refractivity contribution in [3.63, 3.8) is 0 Å². The third-order valence-corrected chi connectivity index (χ3v) is 5.50. The maximum atomic E-state index is 13.4. The van der Waals surface area contributed by atoms with Gasteiger partial charge in [0, 0.05) is 35.1 Å². The van der Waals surface area contributed by atoms with Gasteiger partial charge in [-0.2, -0.15) is 0 Å². The third kappa shape index (κ3) is 6.60. The molecule has 0 spiro atoms. The van der Waals surface area contributed by atoms with Gasteiger partial charge in [0.1, 0.15) is 5.82 Å². The van der Waals surface area contributed by atoms with Gasteiger partial charge in [-0.05, 0) is 73.2 Å². The Hall–Kier alpha value is -2.80. The minimum absolute atomic E-state index is 0.241. The zero-order valence-corrected chi connectivity index (χ0v) is 19.0. The molecule has 0 aliphatic heterocycles. The number of carbonyl (C=O) groups excluding carboxylic acids is 2. The van der Waals surface area contributed by atoms with Gasteiger partial charge in [0.25, 0.3) is 5.91 Å². The molecule has 9 heteroatoms. The maximum absolute atomic E-state index is 13.4. The Labute approximate surface area is 200 Å². The molecule has 3 rings (SSSR count). The summed E-state index contributed by atoms with van der Waals surface area (Å²) in [4.78, 5) is 26.6. The predicted octanol–water partition coefficient (Wildman–Crippen LogP) is 6.64. The number of benzene rings is 3. The number of amides is 3. The second-order valence-electron chi connectivity index (χ2n) is 6.80. The van der Waals surface area contributed by atoms with Crippen LogP contribution < -0.4 is 15.5 Å². The first-order valence-corrected chi connectivity index (χ1v) is 10.8. The van der Waals surface area contributed by atoms with Crippen molar-refractivity contribution in [2.24, 2.45) is 0 Å². The van der Waals surface area contributed by atoms with Crippen LogP contribution in [0, 0.1) is 5.82 Å². The van der Waals surface area contributed by atoms with E-state index in [4.69, 9.17) is 34.8 Å². The van der Waals surface area contributed by atoms with E-state index in [-0.39, 0.29) is 12.5 Å². The lowest BCUT2D eigenvalue weighted by Crippen LogP contribution is -2.37. The Morgan fingerprint density at radius 1 is 0.875 bits per heavy atom. The topological polar surface area (TPSA) is 61.4 Å². The minimum Gasteiger partial charge on any atom is -0.352 e. The SMILES string of the molecule is O=C(NCCCN(C(=O)Nc1ccc(Cl)c(Cl)c1)c1ccc(F)cc1)c1ccc(Cl)cc1. The molecule has 32 heavy (non-hydrogen) atoms. The van der Waals surface area contributed by atoms with Crippen LogP contribution in [0.2, 0.25) is 15.1 Å².